The first-order valence-electron chi connectivity index (χ1n) is 15.1. The number of carbonyl (C=O) groups excluding carboxylic acids is 1. The number of amides is 1. The van der Waals surface area contributed by atoms with Crippen molar-refractivity contribution in [3.63, 3.8) is 0 Å². The molecule has 1 aliphatic carbocycles. The zero-order valence-corrected chi connectivity index (χ0v) is 25.8. The normalized spacial score (nSPS) is 11.3. The topological polar surface area (TPSA) is 62.8 Å². The number of unbranched alkanes of at least 4 members (excludes halogenated alkanes) is 1. The monoisotopic (exact) mass is 555 g/mol. The van der Waals surface area contributed by atoms with Crippen LogP contribution in [0.25, 0.3) is 33.4 Å². The summed E-state index contributed by atoms with van der Waals surface area (Å²) in [7, 11) is 1.82. The van der Waals surface area contributed by atoms with E-state index in [4.69, 9.17) is 4.42 Å². The summed E-state index contributed by atoms with van der Waals surface area (Å²) >= 11 is 0. The van der Waals surface area contributed by atoms with Crippen LogP contribution in [0.3, 0.4) is 0 Å². The van der Waals surface area contributed by atoms with Gasteiger partial charge in [0.1, 0.15) is 24.4 Å². The number of hydrogen-bond acceptors (Lipinski definition) is 4. The number of benzene rings is 3. The van der Waals surface area contributed by atoms with Crippen LogP contribution in [0.4, 0.5) is 5.69 Å². The van der Waals surface area contributed by atoms with Crippen LogP contribution in [0.5, 0.6) is 0 Å². The molecule has 1 aliphatic heterocycles. The quantitative estimate of drug-likeness (QED) is 0.135. The zero-order chi connectivity index (χ0) is 29.7. The minimum absolute atomic E-state index is 0.0402. The highest BCUT2D eigenvalue weighted by atomic mass is 16.3. The fourth-order valence-electron chi connectivity index (χ4n) is 5.92. The third kappa shape index (κ3) is 6.03. The van der Waals surface area contributed by atoms with Gasteiger partial charge < -0.3 is 19.3 Å². The van der Waals surface area contributed by atoms with E-state index in [0.29, 0.717) is 24.9 Å². The standard InChI is InChI=1S/C35H45N3O3/c1-8-37(9-2)30-22-32-28(20-24(30)5)34(29-21-25(6)31(23-33(29)41-32)38(10-3)11-4)26-16-12-13-17-27(26)35(40)36(7)18-14-15-19-39/h12-13,16-17,20-23H,8-11,14-15,18-19H2,1-7H3. The summed E-state index contributed by atoms with van der Waals surface area (Å²) < 4.78 is 9.06. The van der Waals surface area contributed by atoms with Crippen molar-refractivity contribution in [2.75, 3.05) is 51.3 Å². The van der Waals surface area contributed by atoms with Crippen molar-refractivity contribution in [1.29, 1.82) is 0 Å². The van der Waals surface area contributed by atoms with Crippen LogP contribution in [-0.2, 0) is 0 Å². The minimum Gasteiger partial charge on any atom is -0.854 e. The molecule has 6 heteroatoms. The summed E-state index contributed by atoms with van der Waals surface area (Å²) in [4.78, 5) is 17.9. The highest BCUT2D eigenvalue weighted by Crippen LogP contribution is 2.43. The molecule has 0 saturated carbocycles. The molecule has 2 aromatic rings. The molecule has 218 valence electrons. The second-order valence-electron chi connectivity index (χ2n) is 10.8. The van der Waals surface area contributed by atoms with Gasteiger partial charge in [-0.05, 0) is 77.3 Å². The summed E-state index contributed by atoms with van der Waals surface area (Å²) in [5.74, 6) is 0.766. The van der Waals surface area contributed by atoms with E-state index in [-0.39, 0.29) is 12.5 Å². The molecule has 0 saturated heterocycles. The predicted molar refractivity (Wildman–Crippen MR) is 169 cm³/mol. The van der Waals surface area contributed by atoms with Crippen LogP contribution in [0, 0.1) is 13.8 Å². The first-order valence-corrected chi connectivity index (χ1v) is 15.1. The van der Waals surface area contributed by atoms with E-state index in [1.165, 1.54) is 11.1 Å². The second kappa shape index (κ2) is 13.3. The number of anilines is 1. The Kier molecular flexibility index (Phi) is 9.87. The van der Waals surface area contributed by atoms with Crippen LogP contribution >= 0.6 is 0 Å². The van der Waals surface area contributed by atoms with E-state index in [9.17, 15) is 9.90 Å². The molecule has 1 heterocycles. The molecule has 6 nitrogen and oxygen atoms in total. The van der Waals surface area contributed by atoms with Crippen LogP contribution in [0.2, 0.25) is 0 Å². The van der Waals surface area contributed by atoms with Crippen molar-refractivity contribution in [3.05, 3.63) is 70.6 Å². The molecule has 4 rings (SSSR count). The first kappa shape index (κ1) is 30.3. The van der Waals surface area contributed by atoms with Gasteiger partial charge in [-0.15, -0.1) is 6.61 Å². The van der Waals surface area contributed by atoms with Crippen LogP contribution in [-0.4, -0.2) is 57.2 Å². The average molecular weight is 556 g/mol. The number of fused-ring (bicyclic) bond motifs is 2. The second-order valence-corrected chi connectivity index (χ2v) is 10.8. The van der Waals surface area contributed by atoms with Crippen molar-refractivity contribution in [1.82, 2.24) is 9.48 Å². The molecular weight excluding hydrogens is 510 g/mol. The first-order chi connectivity index (χ1) is 19.8. The Morgan fingerprint density at radius 2 is 1.61 bits per heavy atom. The van der Waals surface area contributed by atoms with Crippen LogP contribution in [0.15, 0.2) is 52.9 Å². The van der Waals surface area contributed by atoms with Crippen molar-refractivity contribution in [2.24, 2.45) is 0 Å². The summed E-state index contributed by atoms with van der Waals surface area (Å²) in [6.45, 7) is 17.1. The predicted octanol–water partition coefficient (Wildman–Crippen LogP) is 5.69. The van der Waals surface area contributed by atoms with Gasteiger partial charge in [-0.3, -0.25) is 4.79 Å². The van der Waals surface area contributed by atoms with Gasteiger partial charge in [0.15, 0.2) is 0 Å². The van der Waals surface area contributed by atoms with Crippen molar-refractivity contribution >= 4 is 22.6 Å². The maximum Gasteiger partial charge on any atom is 0.254 e. The van der Waals surface area contributed by atoms with Crippen molar-refractivity contribution in [3.8, 4) is 22.5 Å². The van der Waals surface area contributed by atoms with Gasteiger partial charge in [-0.25, -0.2) is 4.58 Å². The maximum atomic E-state index is 13.8. The summed E-state index contributed by atoms with van der Waals surface area (Å²) in [6.07, 6.45) is 1.27. The molecule has 0 atom stereocenters. The van der Waals surface area contributed by atoms with E-state index in [1.54, 1.807) is 4.90 Å². The SMILES string of the molecule is CCN(CC)c1cc2oc3cc(=[N+](CC)CC)c(C)cc-3c(-c3ccccc3C(=O)N(C)CCCC[O-])c2cc1C. The van der Waals surface area contributed by atoms with E-state index in [2.05, 4.69) is 75.3 Å². The Morgan fingerprint density at radius 1 is 0.902 bits per heavy atom. The molecule has 2 aliphatic rings. The van der Waals surface area contributed by atoms with Crippen LogP contribution < -0.4 is 19.9 Å². The van der Waals surface area contributed by atoms with Gasteiger partial charge in [0, 0.05) is 66.1 Å². The summed E-state index contributed by atoms with van der Waals surface area (Å²) in [5.41, 5.74) is 7.87. The maximum absolute atomic E-state index is 13.8. The molecule has 41 heavy (non-hydrogen) atoms. The Labute approximate surface area is 244 Å². The Bertz CT molecular complexity index is 1560. The number of carbonyl (C=O) groups is 1. The molecule has 0 unspecified atom stereocenters. The molecule has 0 spiro atoms. The molecule has 0 radical (unpaired) electrons. The van der Waals surface area contributed by atoms with E-state index in [0.717, 1.165) is 70.6 Å². The highest BCUT2D eigenvalue weighted by Gasteiger charge is 2.25. The largest absolute Gasteiger partial charge is 0.854 e. The average Bonchev–Trinajstić information content (AvgIpc) is 2.98. The highest BCUT2D eigenvalue weighted by molar-refractivity contribution is 6.09. The van der Waals surface area contributed by atoms with Crippen LogP contribution in [0.1, 0.15) is 62.0 Å². The zero-order valence-electron chi connectivity index (χ0n) is 25.8. The lowest BCUT2D eigenvalue weighted by Crippen LogP contribution is -2.31. The molecule has 0 N–H and O–H groups in total. The number of nitrogens with zero attached hydrogens (tertiary/aromatic N) is 3. The summed E-state index contributed by atoms with van der Waals surface area (Å²) in [5, 5.41) is 13.1. The lowest BCUT2D eigenvalue weighted by atomic mass is 9.89. The molecule has 0 bridgehead atoms. The molecular formula is C35H45N3O3. The summed E-state index contributed by atoms with van der Waals surface area (Å²) in [6, 6.07) is 16.6. The lowest BCUT2D eigenvalue weighted by molar-refractivity contribution is -0.368. The van der Waals surface area contributed by atoms with Gasteiger partial charge in [-0.2, -0.15) is 0 Å². The number of aryl methyl sites for hydroxylation is 2. The lowest BCUT2D eigenvalue weighted by Gasteiger charge is -2.25. The van der Waals surface area contributed by atoms with Gasteiger partial charge in [0.05, 0.1) is 6.07 Å². The molecule has 0 fully saturated rings. The van der Waals surface area contributed by atoms with E-state index in [1.807, 2.05) is 31.3 Å². The van der Waals surface area contributed by atoms with Gasteiger partial charge in [0.25, 0.3) is 5.91 Å². The molecule has 2 aromatic carbocycles. The minimum atomic E-state index is -0.117. The molecule has 0 aromatic heterocycles. The van der Waals surface area contributed by atoms with Gasteiger partial charge >= 0.3 is 0 Å². The van der Waals surface area contributed by atoms with Gasteiger partial charge in [0.2, 0.25) is 5.36 Å². The Balaban J connectivity index is 2.08. The third-order valence-corrected chi connectivity index (χ3v) is 8.22. The molecule has 1 amide bonds. The van der Waals surface area contributed by atoms with Crippen molar-refractivity contribution in [2.45, 2.75) is 54.4 Å². The Hall–Kier alpha value is -3.64. The number of hydrogen-bond donors (Lipinski definition) is 0. The Morgan fingerprint density at radius 3 is 2.27 bits per heavy atom. The van der Waals surface area contributed by atoms with Crippen molar-refractivity contribution < 1.29 is 14.3 Å². The number of rotatable bonds is 11. The van der Waals surface area contributed by atoms with Gasteiger partial charge in [-0.1, -0.05) is 24.6 Å². The fraction of sp³-hybridized carbons (Fsp3) is 0.429. The smallest absolute Gasteiger partial charge is 0.254 e. The fourth-order valence-corrected chi connectivity index (χ4v) is 5.92. The third-order valence-electron chi connectivity index (χ3n) is 8.22. The van der Waals surface area contributed by atoms with E-state index >= 15 is 0 Å². The van der Waals surface area contributed by atoms with E-state index < -0.39 is 0 Å².